The maximum Gasteiger partial charge on any atom is 0.303 e. The normalized spacial score (nSPS) is 29.4. The van der Waals surface area contributed by atoms with Crippen molar-refractivity contribution >= 4 is 33.8 Å². The van der Waals surface area contributed by atoms with Crippen molar-refractivity contribution in [1.82, 2.24) is 0 Å². The van der Waals surface area contributed by atoms with Crippen LogP contribution in [-0.4, -0.2) is 60.6 Å². The molecule has 9 heteroatoms. The topological polar surface area (TPSA) is 97.4 Å². The summed E-state index contributed by atoms with van der Waals surface area (Å²) in [6, 6.07) is 0. The molecule has 8 nitrogen and oxygen atoms in total. The molecule has 0 aromatic heterocycles. The lowest BCUT2D eigenvalue weighted by molar-refractivity contribution is -0.297. The summed E-state index contributed by atoms with van der Waals surface area (Å²) in [6.45, 7) is 7.29. The van der Waals surface area contributed by atoms with Crippen LogP contribution in [-0.2, 0) is 38.1 Å². The first kappa shape index (κ1) is 20.6. The van der Waals surface area contributed by atoms with Crippen LogP contribution in [0.2, 0.25) is 0 Å². The molecule has 0 spiro atoms. The fraction of sp³-hybridized carbons (Fsp3) is 0.667. The Hall–Kier alpha value is -1.45. The summed E-state index contributed by atoms with van der Waals surface area (Å²) in [5.41, 5.74) is 0. The number of ether oxygens (including phenoxy) is 5. The van der Waals surface area contributed by atoms with Crippen LogP contribution in [0.1, 0.15) is 20.8 Å². The van der Waals surface area contributed by atoms with Crippen LogP contribution in [0.3, 0.4) is 0 Å². The highest BCUT2D eigenvalue weighted by Crippen LogP contribution is 2.30. The Morgan fingerprint density at radius 2 is 1.50 bits per heavy atom. The van der Waals surface area contributed by atoms with Gasteiger partial charge in [0, 0.05) is 26.1 Å². The van der Waals surface area contributed by atoms with Gasteiger partial charge in [-0.1, -0.05) is 22.0 Å². The zero-order chi connectivity index (χ0) is 18.3. The maximum atomic E-state index is 11.5. The molecule has 0 amide bonds. The molecule has 0 bridgehead atoms. The van der Waals surface area contributed by atoms with Gasteiger partial charge in [-0.05, 0) is 0 Å². The molecule has 1 saturated heterocycles. The maximum absolute atomic E-state index is 11.5. The molecule has 0 aromatic rings. The molecule has 1 aliphatic heterocycles. The second-order valence-electron chi connectivity index (χ2n) is 5.04. The van der Waals surface area contributed by atoms with Crippen LogP contribution >= 0.6 is 15.9 Å². The average molecular weight is 409 g/mol. The molecule has 0 radical (unpaired) electrons. The SMILES string of the molecule is C=CCO[C@@H]1O[C@H](CBr)[C@@H](OC(C)=O)[C@H](OC(C)=O)[C@H]1OC(C)=O. The van der Waals surface area contributed by atoms with Crippen LogP contribution in [0.5, 0.6) is 0 Å². The molecule has 0 unspecified atom stereocenters. The third-order valence-corrected chi connectivity index (χ3v) is 3.67. The fourth-order valence-corrected chi connectivity index (χ4v) is 2.80. The van der Waals surface area contributed by atoms with Gasteiger partial charge in [-0.15, -0.1) is 6.58 Å². The highest BCUT2D eigenvalue weighted by Gasteiger charge is 2.51. The molecule has 0 N–H and O–H groups in total. The van der Waals surface area contributed by atoms with E-state index in [1.807, 2.05) is 0 Å². The van der Waals surface area contributed by atoms with Gasteiger partial charge < -0.3 is 23.7 Å². The minimum atomic E-state index is -1.09. The Bertz CT molecular complexity index is 480. The Balaban J connectivity index is 3.17. The lowest BCUT2D eigenvalue weighted by Crippen LogP contribution is -2.62. The zero-order valence-electron chi connectivity index (χ0n) is 13.7. The van der Waals surface area contributed by atoms with Gasteiger partial charge in [0.05, 0.1) is 6.61 Å². The van der Waals surface area contributed by atoms with E-state index in [4.69, 9.17) is 23.7 Å². The first-order valence-electron chi connectivity index (χ1n) is 7.25. The number of hydrogen-bond acceptors (Lipinski definition) is 8. The van der Waals surface area contributed by atoms with Gasteiger partial charge in [0.15, 0.2) is 24.6 Å². The van der Waals surface area contributed by atoms with Crippen LogP contribution in [0.15, 0.2) is 12.7 Å². The standard InChI is InChI=1S/C15H21BrO8/c1-5-6-20-15-14(23-10(4)19)13(22-9(3)18)12(21-8(2)17)11(7-16)24-15/h5,11-15H,1,6-7H2,2-4H3/t11-,12-,13+,14-,15-/m1/s1. The Morgan fingerprint density at radius 1 is 1.00 bits per heavy atom. The average Bonchev–Trinajstić information content (AvgIpc) is 2.48. The van der Waals surface area contributed by atoms with Gasteiger partial charge in [-0.2, -0.15) is 0 Å². The predicted octanol–water partition coefficient (Wildman–Crippen LogP) is 1.10. The van der Waals surface area contributed by atoms with Gasteiger partial charge in [0.25, 0.3) is 0 Å². The molecule has 0 aromatic carbocycles. The van der Waals surface area contributed by atoms with Gasteiger partial charge in [0.1, 0.15) is 6.10 Å². The van der Waals surface area contributed by atoms with E-state index >= 15 is 0 Å². The van der Waals surface area contributed by atoms with E-state index in [1.54, 1.807) is 0 Å². The van der Waals surface area contributed by atoms with Crippen molar-refractivity contribution in [2.45, 2.75) is 51.5 Å². The van der Waals surface area contributed by atoms with Crippen molar-refractivity contribution in [2.24, 2.45) is 0 Å². The third kappa shape index (κ3) is 5.88. The number of rotatable bonds is 7. The van der Waals surface area contributed by atoms with Crippen molar-refractivity contribution in [3.05, 3.63) is 12.7 Å². The molecular weight excluding hydrogens is 388 g/mol. The quantitative estimate of drug-likeness (QED) is 0.267. The Kier molecular flexibility index (Phi) is 8.37. The molecule has 1 rings (SSSR count). The first-order chi connectivity index (χ1) is 11.3. The number of hydrogen-bond donors (Lipinski definition) is 0. The number of halogens is 1. The largest absolute Gasteiger partial charge is 0.456 e. The molecule has 0 aliphatic carbocycles. The van der Waals surface area contributed by atoms with Crippen molar-refractivity contribution < 1.29 is 38.1 Å². The molecule has 5 atom stereocenters. The van der Waals surface area contributed by atoms with E-state index in [0.717, 1.165) is 0 Å². The molecule has 24 heavy (non-hydrogen) atoms. The lowest BCUT2D eigenvalue weighted by atomic mass is 9.99. The first-order valence-corrected chi connectivity index (χ1v) is 8.37. The van der Waals surface area contributed by atoms with Crippen molar-refractivity contribution in [3.63, 3.8) is 0 Å². The summed E-state index contributed by atoms with van der Waals surface area (Å²) in [4.78, 5) is 34.3. The van der Waals surface area contributed by atoms with Crippen LogP contribution in [0.4, 0.5) is 0 Å². The smallest absolute Gasteiger partial charge is 0.303 e. The van der Waals surface area contributed by atoms with Crippen LogP contribution in [0.25, 0.3) is 0 Å². The molecule has 1 aliphatic rings. The van der Waals surface area contributed by atoms with Crippen LogP contribution in [0, 0.1) is 0 Å². The van der Waals surface area contributed by atoms with Gasteiger partial charge in [0.2, 0.25) is 0 Å². The minimum absolute atomic E-state index is 0.127. The lowest BCUT2D eigenvalue weighted by Gasteiger charge is -2.43. The summed E-state index contributed by atoms with van der Waals surface area (Å²) in [5.74, 6) is -1.82. The fourth-order valence-electron chi connectivity index (χ4n) is 2.28. The predicted molar refractivity (Wildman–Crippen MR) is 85.3 cm³/mol. The van der Waals surface area contributed by atoms with Gasteiger partial charge in [-0.3, -0.25) is 14.4 Å². The Labute approximate surface area is 148 Å². The number of carbonyl (C=O) groups is 3. The summed E-state index contributed by atoms with van der Waals surface area (Å²) in [7, 11) is 0. The number of carbonyl (C=O) groups excluding carboxylic acids is 3. The molecule has 0 saturated carbocycles. The van der Waals surface area contributed by atoms with E-state index in [9.17, 15) is 14.4 Å². The summed E-state index contributed by atoms with van der Waals surface area (Å²) >= 11 is 3.26. The zero-order valence-corrected chi connectivity index (χ0v) is 15.3. The van der Waals surface area contributed by atoms with Gasteiger partial charge >= 0.3 is 17.9 Å². The highest BCUT2D eigenvalue weighted by molar-refractivity contribution is 9.09. The van der Waals surface area contributed by atoms with E-state index in [1.165, 1.54) is 26.8 Å². The van der Waals surface area contributed by atoms with E-state index < -0.39 is 48.6 Å². The van der Waals surface area contributed by atoms with Crippen molar-refractivity contribution in [2.75, 3.05) is 11.9 Å². The summed E-state index contributed by atoms with van der Waals surface area (Å²) in [6.07, 6.45) is -3.30. The number of alkyl halides is 1. The van der Waals surface area contributed by atoms with E-state index in [0.29, 0.717) is 0 Å². The molecule has 1 fully saturated rings. The monoisotopic (exact) mass is 408 g/mol. The molecule has 136 valence electrons. The second-order valence-corrected chi connectivity index (χ2v) is 5.69. The van der Waals surface area contributed by atoms with Crippen LogP contribution < -0.4 is 0 Å². The van der Waals surface area contributed by atoms with Crippen molar-refractivity contribution in [3.8, 4) is 0 Å². The van der Waals surface area contributed by atoms with E-state index in [-0.39, 0.29) is 11.9 Å². The minimum Gasteiger partial charge on any atom is -0.456 e. The van der Waals surface area contributed by atoms with Gasteiger partial charge in [-0.25, -0.2) is 0 Å². The van der Waals surface area contributed by atoms with Crippen molar-refractivity contribution in [1.29, 1.82) is 0 Å². The second kappa shape index (κ2) is 9.75. The van der Waals surface area contributed by atoms with E-state index in [2.05, 4.69) is 22.5 Å². The summed E-state index contributed by atoms with van der Waals surface area (Å²) in [5, 5.41) is 0.281. The molecular formula is C15H21BrO8. The Morgan fingerprint density at radius 3 is 1.96 bits per heavy atom. The summed E-state index contributed by atoms with van der Waals surface area (Å²) < 4.78 is 26.9. The highest BCUT2D eigenvalue weighted by atomic mass is 79.9. The molecule has 1 heterocycles. The third-order valence-electron chi connectivity index (χ3n) is 3.03. The number of esters is 3.